The summed E-state index contributed by atoms with van der Waals surface area (Å²) in [5.41, 5.74) is 2.12. The lowest BCUT2D eigenvalue weighted by Crippen LogP contribution is -2.54. The van der Waals surface area contributed by atoms with Gasteiger partial charge in [0.25, 0.3) is 0 Å². The van der Waals surface area contributed by atoms with Gasteiger partial charge in [-0.05, 0) is 74.1 Å². The number of pyridine rings is 1. The van der Waals surface area contributed by atoms with E-state index in [1.807, 2.05) is 48.5 Å². The Labute approximate surface area is 216 Å². The number of aliphatic hydroxyl groups is 1. The van der Waals surface area contributed by atoms with Crippen molar-refractivity contribution < 1.29 is 9.84 Å². The average molecular weight is 510 g/mol. The van der Waals surface area contributed by atoms with Crippen LogP contribution >= 0.6 is 23.2 Å². The molecule has 2 N–H and O–H groups in total. The van der Waals surface area contributed by atoms with Crippen molar-refractivity contribution in [3.8, 4) is 5.88 Å². The van der Waals surface area contributed by atoms with E-state index in [1.165, 1.54) is 0 Å². The summed E-state index contributed by atoms with van der Waals surface area (Å²) in [4.78, 5) is 8.94. The smallest absolute Gasteiger partial charge is 0.217 e. The van der Waals surface area contributed by atoms with Crippen LogP contribution in [0.5, 0.6) is 5.88 Å². The highest BCUT2D eigenvalue weighted by Gasteiger charge is 2.48. The van der Waals surface area contributed by atoms with Gasteiger partial charge in [0.2, 0.25) is 5.88 Å². The lowest BCUT2D eigenvalue weighted by molar-refractivity contribution is -0.0544. The number of aromatic nitrogens is 1. The number of nitrogens with one attached hydrogen (secondary N) is 1. The Morgan fingerprint density at radius 3 is 2.69 bits per heavy atom. The molecular weight excluding hydrogens is 481 g/mol. The number of halogens is 2. The van der Waals surface area contributed by atoms with Crippen LogP contribution in [0.15, 0.2) is 78.0 Å². The van der Waals surface area contributed by atoms with E-state index in [4.69, 9.17) is 32.9 Å². The predicted octanol–water partition coefficient (Wildman–Crippen LogP) is 6.18. The molecule has 2 heterocycles. The van der Waals surface area contributed by atoms with Gasteiger partial charge in [0, 0.05) is 45.1 Å². The Bertz CT molecular complexity index is 1260. The van der Waals surface area contributed by atoms with Crippen LogP contribution < -0.4 is 10.1 Å². The van der Waals surface area contributed by atoms with Crippen LogP contribution in [0.1, 0.15) is 29.9 Å². The summed E-state index contributed by atoms with van der Waals surface area (Å²) in [6, 6.07) is 15.2. The first-order valence-corrected chi connectivity index (χ1v) is 12.3. The highest BCUT2D eigenvalue weighted by Crippen LogP contribution is 2.48. The first-order valence-electron chi connectivity index (χ1n) is 11.5. The van der Waals surface area contributed by atoms with Crippen LogP contribution in [0.2, 0.25) is 10.0 Å². The van der Waals surface area contributed by atoms with Gasteiger partial charge in [-0.25, -0.2) is 4.98 Å². The van der Waals surface area contributed by atoms with E-state index in [2.05, 4.69) is 23.6 Å². The summed E-state index contributed by atoms with van der Waals surface area (Å²) in [6.07, 6.45) is 4.59. The SMILES string of the molecule is C=C/C=C(/CC1CNCCC1(O)C(c1ccc(Cl)cc1)c1cc2cc(Cl)ccc2nc1OC)N=C. The van der Waals surface area contributed by atoms with Gasteiger partial charge in [-0.3, -0.25) is 4.99 Å². The molecule has 5 nitrogen and oxygen atoms in total. The monoisotopic (exact) mass is 509 g/mol. The van der Waals surface area contributed by atoms with E-state index in [-0.39, 0.29) is 5.92 Å². The first-order chi connectivity index (χ1) is 16.9. The van der Waals surface area contributed by atoms with Gasteiger partial charge < -0.3 is 15.2 Å². The van der Waals surface area contributed by atoms with Crippen molar-refractivity contribution in [3.05, 3.63) is 94.1 Å². The lowest BCUT2D eigenvalue weighted by Gasteiger charge is -2.46. The van der Waals surface area contributed by atoms with Crippen molar-refractivity contribution in [2.75, 3.05) is 20.2 Å². The normalized spacial score (nSPS) is 21.5. The van der Waals surface area contributed by atoms with Gasteiger partial charge in [-0.15, -0.1) is 0 Å². The van der Waals surface area contributed by atoms with Gasteiger partial charge in [0.15, 0.2) is 0 Å². The fourth-order valence-corrected chi connectivity index (χ4v) is 5.36. The molecular formula is C28H29Cl2N3O2. The van der Waals surface area contributed by atoms with Crippen molar-refractivity contribution in [2.24, 2.45) is 10.9 Å². The van der Waals surface area contributed by atoms with Crippen molar-refractivity contribution >= 4 is 40.8 Å². The summed E-state index contributed by atoms with van der Waals surface area (Å²) in [6.45, 7) is 8.79. The van der Waals surface area contributed by atoms with Crippen LogP contribution in [0.3, 0.4) is 0 Å². The second-order valence-electron chi connectivity index (χ2n) is 8.81. The van der Waals surface area contributed by atoms with E-state index in [0.717, 1.165) is 27.7 Å². The van der Waals surface area contributed by atoms with E-state index in [1.54, 1.807) is 19.3 Å². The number of aliphatic imine (C=N–C) groups is 1. The zero-order valence-corrected chi connectivity index (χ0v) is 21.2. The number of fused-ring (bicyclic) bond motifs is 1. The van der Waals surface area contributed by atoms with Crippen LogP contribution in [0, 0.1) is 5.92 Å². The third-order valence-corrected chi connectivity index (χ3v) is 7.23. The highest BCUT2D eigenvalue weighted by atomic mass is 35.5. The molecule has 0 spiro atoms. The molecule has 0 aliphatic carbocycles. The largest absolute Gasteiger partial charge is 0.481 e. The molecule has 1 aromatic heterocycles. The number of hydrogen-bond acceptors (Lipinski definition) is 5. The van der Waals surface area contributed by atoms with Crippen molar-refractivity contribution in [2.45, 2.75) is 24.4 Å². The minimum atomic E-state index is -1.13. The Kier molecular flexibility index (Phi) is 7.92. The molecule has 0 bridgehead atoms. The summed E-state index contributed by atoms with van der Waals surface area (Å²) < 4.78 is 5.77. The van der Waals surface area contributed by atoms with E-state index in [0.29, 0.717) is 41.9 Å². The summed E-state index contributed by atoms with van der Waals surface area (Å²) >= 11 is 12.5. The molecule has 7 heteroatoms. The standard InChI is InChI=1S/C28H29Cl2N3O2/c1-4-5-23(31-2)16-20-17-32-13-12-28(20,34)26(18-6-8-21(29)9-7-18)24-15-19-14-22(30)10-11-25(19)33-27(24)35-3/h4-11,14-15,20,26,32,34H,1-2,12-13,16-17H2,3H3/b23-5-. The predicted molar refractivity (Wildman–Crippen MR) is 145 cm³/mol. The molecule has 1 fully saturated rings. The Morgan fingerprint density at radius 1 is 1.26 bits per heavy atom. The van der Waals surface area contributed by atoms with Crippen LogP contribution in [0.25, 0.3) is 10.9 Å². The Morgan fingerprint density at radius 2 is 2.00 bits per heavy atom. The highest BCUT2D eigenvalue weighted by molar-refractivity contribution is 6.31. The molecule has 35 heavy (non-hydrogen) atoms. The molecule has 0 radical (unpaired) electrons. The number of allylic oxidation sites excluding steroid dienone is 3. The van der Waals surface area contributed by atoms with Crippen molar-refractivity contribution in [3.63, 3.8) is 0 Å². The second-order valence-corrected chi connectivity index (χ2v) is 9.68. The molecule has 4 rings (SSSR count). The minimum Gasteiger partial charge on any atom is -0.481 e. The van der Waals surface area contributed by atoms with Crippen LogP contribution in [-0.2, 0) is 0 Å². The summed E-state index contributed by atoms with van der Waals surface area (Å²) in [5.74, 6) is -0.130. The molecule has 3 unspecified atom stereocenters. The summed E-state index contributed by atoms with van der Waals surface area (Å²) in [7, 11) is 1.60. The molecule has 3 atom stereocenters. The molecule has 1 aliphatic heterocycles. The fraction of sp³-hybridized carbons (Fsp3) is 0.286. The molecule has 182 valence electrons. The zero-order valence-electron chi connectivity index (χ0n) is 19.7. The number of hydrogen-bond donors (Lipinski definition) is 2. The van der Waals surface area contributed by atoms with E-state index < -0.39 is 11.5 Å². The molecule has 1 saturated heterocycles. The van der Waals surface area contributed by atoms with Gasteiger partial charge in [-0.2, -0.15) is 0 Å². The number of ether oxygens (including phenoxy) is 1. The van der Waals surface area contributed by atoms with Crippen molar-refractivity contribution in [1.29, 1.82) is 0 Å². The third kappa shape index (κ3) is 5.29. The Hall–Kier alpha value is -2.70. The maximum atomic E-state index is 12.5. The molecule has 3 aromatic rings. The number of methoxy groups -OCH3 is 1. The number of nitrogens with zero attached hydrogens (tertiary/aromatic N) is 2. The quantitative estimate of drug-likeness (QED) is 0.281. The first kappa shape index (κ1) is 25.4. The maximum Gasteiger partial charge on any atom is 0.217 e. The number of rotatable bonds is 8. The van der Waals surface area contributed by atoms with Crippen LogP contribution in [0.4, 0.5) is 0 Å². The molecule has 2 aromatic carbocycles. The maximum absolute atomic E-state index is 12.5. The van der Waals surface area contributed by atoms with E-state index in [9.17, 15) is 5.11 Å². The second kappa shape index (κ2) is 10.9. The third-order valence-electron chi connectivity index (χ3n) is 6.75. The molecule has 0 amide bonds. The molecule has 0 saturated carbocycles. The van der Waals surface area contributed by atoms with Gasteiger partial charge in [0.05, 0.1) is 18.2 Å². The van der Waals surface area contributed by atoms with Gasteiger partial charge >= 0.3 is 0 Å². The topological polar surface area (TPSA) is 66.7 Å². The zero-order chi connectivity index (χ0) is 25.0. The van der Waals surface area contributed by atoms with Gasteiger partial charge in [-0.1, -0.05) is 48.0 Å². The average Bonchev–Trinajstić information content (AvgIpc) is 2.86. The van der Waals surface area contributed by atoms with Gasteiger partial charge in [0.1, 0.15) is 0 Å². The molecule has 1 aliphatic rings. The van der Waals surface area contributed by atoms with E-state index >= 15 is 0 Å². The summed E-state index contributed by atoms with van der Waals surface area (Å²) in [5, 5.41) is 18.1. The lowest BCUT2D eigenvalue weighted by atomic mass is 9.66. The fourth-order valence-electron chi connectivity index (χ4n) is 5.06. The Balaban J connectivity index is 1.93. The number of piperidine rings is 1. The minimum absolute atomic E-state index is 0.159. The van der Waals surface area contributed by atoms with Crippen LogP contribution in [-0.4, -0.2) is 42.6 Å². The number of benzene rings is 2. The van der Waals surface area contributed by atoms with Crippen molar-refractivity contribution in [1.82, 2.24) is 10.3 Å².